The lowest BCUT2D eigenvalue weighted by Gasteiger charge is -1.91. The van der Waals surface area contributed by atoms with Gasteiger partial charge in [0.2, 0.25) is 0 Å². The highest BCUT2D eigenvalue weighted by Gasteiger charge is 1.89. The molecule has 0 bridgehead atoms. The number of aliphatic hydroxyl groups excluding tert-OH is 2. The Balaban J connectivity index is 2.96. The summed E-state index contributed by atoms with van der Waals surface area (Å²) < 4.78 is 0. The van der Waals surface area contributed by atoms with E-state index in [0.717, 1.165) is 5.37 Å². The van der Waals surface area contributed by atoms with Crippen LogP contribution in [0.3, 0.4) is 0 Å². The second-order valence-electron chi connectivity index (χ2n) is 0.886. The molecule has 0 saturated carbocycles. The summed E-state index contributed by atoms with van der Waals surface area (Å²) in [5.74, 6) is 0. The predicted molar refractivity (Wildman–Crippen MR) is 26.7 cm³/mol. The Kier molecular flexibility index (Phi) is 3.21. The Hall–Kier alpha value is 0.01000. The third-order valence-corrected chi connectivity index (χ3v) is 0.658. The maximum absolute atomic E-state index is 8.26. The Bertz CT molecular complexity index is 46.1. The van der Waals surface area contributed by atoms with E-state index >= 15 is 0 Å². The van der Waals surface area contributed by atoms with E-state index in [9.17, 15) is 0 Å². The van der Waals surface area contributed by atoms with Gasteiger partial charge in [-0.3, -0.25) is 0 Å². The van der Waals surface area contributed by atoms with Crippen molar-refractivity contribution in [1.29, 1.82) is 0 Å². The molecule has 36 valence electrons. The highest BCUT2D eigenvalue weighted by molar-refractivity contribution is 7.79. The molecule has 6 heavy (non-hydrogen) atoms. The summed E-state index contributed by atoms with van der Waals surface area (Å²) in [5.41, 5.74) is 0. The molecule has 0 amide bonds. The van der Waals surface area contributed by atoms with Gasteiger partial charge >= 0.3 is 0 Å². The summed E-state index contributed by atoms with van der Waals surface area (Å²) in [7, 11) is 0. The zero-order chi connectivity index (χ0) is 4.99. The lowest BCUT2D eigenvalue weighted by Crippen LogP contribution is -2.10. The first-order valence-corrected chi connectivity index (χ1v) is 2.02. The standard InChI is InChI=1S/C3H6O2S/c4-1-3(5)2-6/h2-5H,1H2. The zero-order valence-corrected chi connectivity index (χ0v) is 3.98. The number of hydrogen-bond donors (Lipinski definition) is 2. The van der Waals surface area contributed by atoms with E-state index in [1.807, 2.05) is 0 Å². The molecule has 0 spiro atoms. The quantitative estimate of drug-likeness (QED) is 0.459. The van der Waals surface area contributed by atoms with Crippen molar-refractivity contribution in [1.82, 2.24) is 0 Å². The van der Waals surface area contributed by atoms with Crippen LogP contribution in [0.25, 0.3) is 0 Å². The summed E-state index contributed by atoms with van der Waals surface area (Å²) in [4.78, 5) is 0. The molecule has 0 aliphatic carbocycles. The van der Waals surface area contributed by atoms with Gasteiger partial charge in [0.15, 0.2) is 0 Å². The minimum Gasteiger partial charge on any atom is -0.393 e. The average Bonchev–Trinajstić information content (AvgIpc) is 1.65. The van der Waals surface area contributed by atoms with Gasteiger partial charge in [0.05, 0.1) is 6.61 Å². The van der Waals surface area contributed by atoms with Gasteiger partial charge in [-0.25, -0.2) is 0 Å². The predicted octanol–water partition coefficient (Wildman–Crippen LogP) is -0.661. The fourth-order valence-corrected chi connectivity index (χ4v) is 0.129. The molecule has 0 radical (unpaired) electrons. The van der Waals surface area contributed by atoms with Crippen LogP contribution in [-0.4, -0.2) is 28.3 Å². The van der Waals surface area contributed by atoms with Crippen LogP contribution in [0.1, 0.15) is 0 Å². The molecule has 0 saturated heterocycles. The Morgan fingerprint density at radius 2 is 2.33 bits per heavy atom. The molecular formula is C3H6O2S. The molecule has 0 rings (SSSR count). The van der Waals surface area contributed by atoms with Gasteiger partial charge in [0, 0.05) is 5.37 Å². The zero-order valence-electron chi connectivity index (χ0n) is 3.16. The molecule has 2 nitrogen and oxygen atoms in total. The van der Waals surface area contributed by atoms with E-state index in [4.69, 9.17) is 10.2 Å². The van der Waals surface area contributed by atoms with Gasteiger partial charge in [-0.2, -0.15) is 0 Å². The Morgan fingerprint density at radius 3 is 2.33 bits per heavy atom. The molecule has 0 aromatic rings. The molecule has 0 aliphatic heterocycles. The van der Waals surface area contributed by atoms with Crippen LogP contribution in [0.15, 0.2) is 0 Å². The highest BCUT2D eigenvalue weighted by Crippen LogP contribution is 1.69. The molecule has 0 fully saturated rings. The first-order chi connectivity index (χ1) is 2.81. The molecule has 0 heterocycles. The van der Waals surface area contributed by atoms with Crippen molar-refractivity contribution in [2.75, 3.05) is 6.61 Å². The van der Waals surface area contributed by atoms with Crippen molar-refractivity contribution in [3.63, 3.8) is 0 Å². The molecule has 0 aromatic carbocycles. The van der Waals surface area contributed by atoms with E-state index < -0.39 is 6.10 Å². The number of hydrogen-bond acceptors (Lipinski definition) is 3. The van der Waals surface area contributed by atoms with Gasteiger partial charge < -0.3 is 10.2 Å². The van der Waals surface area contributed by atoms with Crippen molar-refractivity contribution in [2.24, 2.45) is 0 Å². The third kappa shape index (κ3) is 2.26. The van der Waals surface area contributed by atoms with Crippen LogP contribution < -0.4 is 0 Å². The minimum absolute atomic E-state index is 0.274. The fraction of sp³-hybridized carbons (Fsp3) is 0.667. The monoisotopic (exact) mass is 106 g/mol. The first-order valence-electron chi connectivity index (χ1n) is 1.55. The van der Waals surface area contributed by atoms with Crippen molar-refractivity contribution in [3.8, 4) is 0 Å². The topological polar surface area (TPSA) is 40.5 Å². The summed E-state index contributed by atoms with van der Waals surface area (Å²) in [6, 6.07) is 0. The molecule has 3 heteroatoms. The Morgan fingerprint density at radius 1 is 1.83 bits per heavy atom. The van der Waals surface area contributed by atoms with Gasteiger partial charge in [0.25, 0.3) is 0 Å². The van der Waals surface area contributed by atoms with Gasteiger partial charge in [-0.1, -0.05) is 12.2 Å². The van der Waals surface area contributed by atoms with Crippen molar-refractivity contribution < 1.29 is 10.2 Å². The lowest BCUT2D eigenvalue weighted by atomic mass is 10.5. The first kappa shape index (κ1) is 6.01. The minimum atomic E-state index is -0.819. The van der Waals surface area contributed by atoms with Crippen LogP contribution >= 0.6 is 12.2 Å². The smallest absolute Gasteiger partial charge is 0.105 e. The summed E-state index contributed by atoms with van der Waals surface area (Å²) >= 11 is 4.24. The van der Waals surface area contributed by atoms with E-state index in [1.54, 1.807) is 0 Å². The van der Waals surface area contributed by atoms with Crippen molar-refractivity contribution in [3.05, 3.63) is 0 Å². The summed E-state index contributed by atoms with van der Waals surface area (Å²) in [6.07, 6.45) is -0.819. The maximum Gasteiger partial charge on any atom is 0.105 e. The maximum atomic E-state index is 8.26. The van der Waals surface area contributed by atoms with E-state index in [-0.39, 0.29) is 6.61 Å². The van der Waals surface area contributed by atoms with Crippen LogP contribution in [0, 0.1) is 0 Å². The van der Waals surface area contributed by atoms with E-state index in [1.165, 1.54) is 0 Å². The SMILES string of the molecule is OCC(O)C=S. The number of aliphatic hydroxyl groups is 2. The van der Waals surface area contributed by atoms with Crippen LogP contribution in [0.5, 0.6) is 0 Å². The number of rotatable bonds is 2. The lowest BCUT2D eigenvalue weighted by molar-refractivity contribution is 0.149. The van der Waals surface area contributed by atoms with Gasteiger partial charge in [0.1, 0.15) is 6.10 Å². The van der Waals surface area contributed by atoms with Crippen molar-refractivity contribution in [2.45, 2.75) is 6.10 Å². The van der Waals surface area contributed by atoms with Crippen LogP contribution in [-0.2, 0) is 0 Å². The number of thiocarbonyl (C=S) groups is 1. The van der Waals surface area contributed by atoms with Gasteiger partial charge in [-0.15, -0.1) is 0 Å². The highest BCUT2D eigenvalue weighted by atomic mass is 32.1. The second-order valence-corrected chi connectivity index (χ2v) is 1.16. The molecule has 2 N–H and O–H groups in total. The second kappa shape index (κ2) is 3.21. The largest absolute Gasteiger partial charge is 0.393 e. The molecular weight excluding hydrogens is 100 g/mol. The molecule has 1 atom stereocenters. The van der Waals surface area contributed by atoms with Crippen LogP contribution in [0.2, 0.25) is 0 Å². The molecule has 0 aromatic heterocycles. The fourth-order valence-electron chi connectivity index (χ4n) is 0.0430. The van der Waals surface area contributed by atoms with E-state index in [2.05, 4.69) is 12.2 Å². The normalized spacial score (nSPS) is 13.7. The van der Waals surface area contributed by atoms with Crippen LogP contribution in [0.4, 0.5) is 0 Å². The van der Waals surface area contributed by atoms with Crippen molar-refractivity contribution >= 4 is 17.6 Å². The Labute approximate surface area is 41.4 Å². The summed E-state index contributed by atoms with van der Waals surface area (Å²) in [5, 5.41) is 17.4. The third-order valence-electron chi connectivity index (χ3n) is 0.344. The van der Waals surface area contributed by atoms with E-state index in [0.29, 0.717) is 0 Å². The average molecular weight is 106 g/mol. The molecule has 1 unspecified atom stereocenters. The van der Waals surface area contributed by atoms with Gasteiger partial charge in [-0.05, 0) is 0 Å². The molecule has 0 aliphatic rings. The summed E-state index contributed by atoms with van der Waals surface area (Å²) in [6.45, 7) is -0.274.